The van der Waals surface area contributed by atoms with Crippen LogP contribution < -0.4 is 4.74 Å². The van der Waals surface area contributed by atoms with Crippen molar-refractivity contribution in [2.75, 3.05) is 26.4 Å². The summed E-state index contributed by atoms with van der Waals surface area (Å²) in [5.41, 5.74) is 2.18. The average molecular weight is 324 g/mol. The molecule has 0 atom stereocenters. The SMILES string of the molecule is CCSSC(=O)Oc1cccc2[nH]cc(CCN(C)C)c12. The fourth-order valence-corrected chi connectivity index (χ4v) is 3.14. The van der Waals surface area contributed by atoms with Gasteiger partial charge in [-0.1, -0.05) is 23.8 Å². The maximum absolute atomic E-state index is 11.8. The third-order valence-corrected chi connectivity index (χ3v) is 5.06. The van der Waals surface area contributed by atoms with Crippen LogP contribution in [0.15, 0.2) is 24.4 Å². The lowest BCUT2D eigenvalue weighted by Gasteiger charge is -2.10. The Morgan fingerprint density at radius 2 is 2.19 bits per heavy atom. The molecule has 0 fully saturated rings. The Morgan fingerprint density at radius 3 is 2.90 bits per heavy atom. The van der Waals surface area contributed by atoms with Crippen molar-refractivity contribution in [3.05, 3.63) is 30.0 Å². The van der Waals surface area contributed by atoms with Gasteiger partial charge in [-0.25, -0.2) is 4.79 Å². The number of benzene rings is 1. The smallest absolute Gasteiger partial charge is 0.383 e. The van der Waals surface area contributed by atoms with Crippen LogP contribution in [0.3, 0.4) is 0 Å². The third-order valence-electron chi connectivity index (χ3n) is 3.02. The molecule has 4 nitrogen and oxygen atoms in total. The molecular formula is C15H20N2O2S2. The van der Waals surface area contributed by atoms with E-state index in [-0.39, 0.29) is 5.30 Å². The molecule has 0 radical (unpaired) electrons. The number of H-pyrrole nitrogens is 1. The van der Waals surface area contributed by atoms with Crippen LogP contribution in [0, 0.1) is 0 Å². The van der Waals surface area contributed by atoms with Crippen LogP contribution in [0.2, 0.25) is 0 Å². The van der Waals surface area contributed by atoms with Crippen molar-refractivity contribution in [3.63, 3.8) is 0 Å². The number of nitrogens with one attached hydrogen (secondary N) is 1. The molecule has 1 heterocycles. The highest BCUT2D eigenvalue weighted by Crippen LogP contribution is 2.32. The minimum atomic E-state index is -0.269. The summed E-state index contributed by atoms with van der Waals surface area (Å²) in [4.78, 5) is 17.2. The second-order valence-electron chi connectivity index (χ2n) is 4.89. The lowest BCUT2D eigenvalue weighted by Crippen LogP contribution is -2.14. The van der Waals surface area contributed by atoms with Crippen molar-refractivity contribution < 1.29 is 9.53 Å². The number of aromatic amines is 1. The molecule has 1 aromatic carbocycles. The van der Waals surface area contributed by atoms with Crippen molar-refractivity contribution in [2.45, 2.75) is 13.3 Å². The van der Waals surface area contributed by atoms with Gasteiger partial charge in [0.1, 0.15) is 5.75 Å². The van der Waals surface area contributed by atoms with E-state index in [9.17, 15) is 4.79 Å². The number of likely N-dealkylation sites (N-methyl/N-ethyl adjacent to an activating group) is 1. The number of hydrogen-bond donors (Lipinski definition) is 1. The zero-order valence-corrected chi connectivity index (χ0v) is 14.1. The molecule has 0 aliphatic rings. The predicted octanol–water partition coefficient (Wildman–Crippen LogP) is 4.17. The fourth-order valence-electron chi connectivity index (χ4n) is 2.06. The first-order valence-electron chi connectivity index (χ1n) is 6.86. The molecule has 0 unspecified atom stereocenters. The second-order valence-corrected chi connectivity index (χ2v) is 7.41. The number of rotatable bonds is 6. The summed E-state index contributed by atoms with van der Waals surface area (Å²) in [6.07, 6.45) is 2.91. The van der Waals surface area contributed by atoms with Crippen molar-refractivity contribution in [1.82, 2.24) is 9.88 Å². The quantitative estimate of drug-likeness (QED) is 0.638. The normalized spacial score (nSPS) is 11.2. The molecule has 114 valence electrons. The van der Waals surface area contributed by atoms with Gasteiger partial charge in [-0.15, -0.1) is 0 Å². The van der Waals surface area contributed by atoms with Gasteiger partial charge >= 0.3 is 5.30 Å². The summed E-state index contributed by atoms with van der Waals surface area (Å²) in [5, 5.41) is 0.740. The van der Waals surface area contributed by atoms with Gasteiger partial charge in [0, 0.05) is 40.2 Å². The second kappa shape index (κ2) is 7.77. The van der Waals surface area contributed by atoms with Gasteiger partial charge < -0.3 is 14.6 Å². The number of carbonyl (C=O) groups is 1. The topological polar surface area (TPSA) is 45.3 Å². The predicted molar refractivity (Wildman–Crippen MR) is 92.3 cm³/mol. The van der Waals surface area contributed by atoms with Crippen LogP contribution in [0.4, 0.5) is 4.79 Å². The molecule has 0 saturated carbocycles. The van der Waals surface area contributed by atoms with Crippen LogP contribution in [-0.4, -0.2) is 41.6 Å². The summed E-state index contributed by atoms with van der Waals surface area (Å²) in [6, 6.07) is 5.75. The van der Waals surface area contributed by atoms with Gasteiger partial charge in [-0.3, -0.25) is 0 Å². The summed E-state index contributed by atoms with van der Waals surface area (Å²) >= 11 is 0. The van der Waals surface area contributed by atoms with Gasteiger partial charge in [-0.2, -0.15) is 0 Å². The maximum Gasteiger partial charge on any atom is 0.383 e. The molecule has 0 amide bonds. The molecule has 0 aliphatic heterocycles. The summed E-state index contributed by atoms with van der Waals surface area (Å²) in [5.74, 6) is 1.51. The number of ether oxygens (including phenoxy) is 1. The van der Waals surface area contributed by atoms with Crippen molar-refractivity contribution >= 4 is 37.8 Å². The Kier molecular flexibility index (Phi) is 6.02. The molecular weight excluding hydrogens is 304 g/mol. The molecule has 2 aromatic rings. The van der Waals surface area contributed by atoms with Crippen LogP contribution >= 0.6 is 21.6 Å². The molecule has 2 rings (SSSR count). The van der Waals surface area contributed by atoms with Crippen LogP contribution in [0.5, 0.6) is 5.75 Å². The molecule has 1 aromatic heterocycles. The van der Waals surface area contributed by atoms with Crippen LogP contribution in [-0.2, 0) is 6.42 Å². The lowest BCUT2D eigenvalue weighted by molar-refractivity contribution is 0.228. The van der Waals surface area contributed by atoms with Crippen molar-refractivity contribution in [3.8, 4) is 5.75 Å². The zero-order chi connectivity index (χ0) is 15.2. The molecule has 0 saturated heterocycles. The molecule has 21 heavy (non-hydrogen) atoms. The molecule has 0 aliphatic carbocycles. The highest BCUT2D eigenvalue weighted by molar-refractivity contribution is 8.82. The van der Waals surface area contributed by atoms with Gasteiger partial charge in [0.2, 0.25) is 0 Å². The number of fused-ring (bicyclic) bond motifs is 1. The Morgan fingerprint density at radius 1 is 1.38 bits per heavy atom. The van der Waals surface area contributed by atoms with Crippen LogP contribution in [0.25, 0.3) is 10.9 Å². The molecule has 0 bridgehead atoms. The summed E-state index contributed by atoms with van der Waals surface area (Å²) in [7, 11) is 6.73. The van der Waals surface area contributed by atoms with Gasteiger partial charge in [-0.05, 0) is 38.2 Å². The van der Waals surface area contributed by atoms with E-state index in [4.69, 9.17) is 4.74 Å². The first-order chi connectivity index (χ1) is 10.1. The third kappa shape index (κ3) is 4.43. The first kappa shape index (κ1) is 16.3. The highest BCUT2D eigenvalue weighted by Gasteiger charge is 2.13. The Hall–Kier alpha value is -1.11. The zero-order valence-electron chi connectivity index (χ0n) is 12.5. The number of hydrogen-bond acceptors (Lipinski definition) is 5. The van der Waals surface area contributed by atoms with E-state index in [0.29, 0.717) is 5.75 Å². The van der Waals surface area contributed by atoms with Crippen LogP contribution in [0.1, 0.15) is 12.5 Å². The van der Waals surface area contributed by atoms with E-state index in [0.717, 1.165) is 40.4 Å². The average Bonchev–Trinajstić information content (AvgIpc) is 2.87. The van der Waals surface area contributed by atoms with E-state index in [1.54, 1.807) is 0 Å². The number of carbonyl (C=O) groups excluding carboxylic acids is 1. The number of nitrogens with zero attached hydrogens (tertiary/aromatic N) is 1. The van der Waals surface area contributed by atoms with E-state index >= 15 is 0 Å². The highest BCUT2D eigenvalue weighted by atomic mass is 33.1. The van der Waals surface area contributed by atoms with Gasteiger partial charge in [0.05, 0.1) is 0 Å². The van der Waals surface area contributed by atoms with E-state index in [1.807, 2.05) is 45.4 Å². The Bertz CT molecular complexity index is 611. The standard InChI is InChI=1S/C15H20N2O2S2/c1-4-20-21-15(18)19-13-7-5-6-12-14(13)11(10-16-12)8-9-17(2)3/h5-7,10,16H,4,8-9H2,1-3H3. The lowest BCUT2D eigenvalue weighted by atomic mass is 10.1. The van der Waals surface area contributed by atoms with E-state index in [2.05, 4.69) is 9.88 Å². The van der Waals surface area contributed by atoms with Crippen molar-refractivity contribution in [2.24, 2.45) is 0 Å². The summed E-state index contributed by atoms with van der Waals surface area (Å²) in [6.45, 7) is 2.97. The molecule has 6 heteroatoms. The van der Waals surface area contributed by atoms with Crippen molar-refractivity contribution in [1.29, 1.82) is 0 Å². The number of aromatic nitrogens is 1. The minimum absolute atomic E-state index is 0.269. The maximum atomic E-state index is 11.8. The largest absolute Gasteiger partial charge is 0.417 e. The first-order valence-corrected chi connectivity index (χ1v) is 9.18. The fraction of sp³-hybridized carbons (Fsp3) is 0.400. The van der Waals surface area contributed by atoms with Gasteiger partial charge in [0.25, 0.3) is 0 Å². The van der Waals surface area contributed by atoms with E-state index in [1.165, 1.54) is 16.4 Å². The Labute approximate surface area is 133 Å². The monoisotopic (exact) mass is 324 g/mol. The molecule has 1 N–H and O–H groups in total. The van der Waals surface area contributed by atoms with Gasteiger partial charge in [0.15, 0.2) is 0 Å². The molecule has 0 spiro atoms. The minimum Gasteiger partial charge on any atom is -0.417 e. The van der Waals surface area contributed by atoms with E-state index < -0.39 is 0 Å². The Balaban J connectivity index is 2.22. The summed E-state index contributed by atoms with van der Waals surface area (Å²) < 4.78 is 5.51.